The highest BCUT2D eigenvalue weighted by molar-refractivity contribution is 5.86. The van der Waals surface area contributed by atoms with E-state index in [1.165, 1.54) is 6.92 Å². The summed E-state index contributed by atoms with van der Waals surface area (Å²) in [5.41, 5.74) is -3.97. The van der Waals surface area contributed by atoms with Crippen molar-refractivity contribution in [3.8, 4) is 0 Å². The zero-order valence-corrected chi connectivity index (χ0v) is 25.9. The van der Waals surface area contributed by atoms with Crippen molar-refractivity contribution >= 4 is 12.1 Å². The number of alkyl halides is 6. The number of β-amino-alcohol motifs (C(OH)–C–C–N with tert-alkyl or cyclic N) is 1. The highest BCUT2D eigenvalue weighted by Crippen LogP contribution is 2.43. The lowest BCUT2D eigenvalue weighted by molar-refractivity contribution is -0.175. The monoisotopic (exact) mass is 635 g/mol. The van der Waals surface area contributed by atoms with Crippen LogP contribution in [0.25, 0.3) is 0 Å². The zero-order valence-electron chi connectivity index (χ0n) is 25.9. The molecule has 1 aromatic rings. The number of aliphatic imine (C=N–C) groups is 1. The van der Waals surface area contributed by atoms with Crippen molar-refractivity contribution in [3.63, 3.8) is 0 Å². The molecule has 1 aromatic heterocycles. The first-order valence-electron chi connectivity index (χ1n) is 14.9. The summed E-state index contributed by atoms with van der Waals surface area (Å²) < 4.78 is 76.4. The third-order valence-corrected chi connectivity index (χ3v) is 7.51. The molecule has 1 aliphatic carbocycles. The maximum atomic E-state index is 13.3. The summed E-state index contributed by atoms with van der Waals surface area (Å²) >= 11 is 0. The van der Waals surface area contributed by atoms with Gasteiger partial charge < -0.3 is 10.0 Å². The molecule has 1 saturated heterocycles. The Kier molecular flexibility index (Phi) is 13.4. The molecule has 8 nitrogen and oxygen atoms in total. The molecule has 0 bridgehead atoms. The fourth-order valence-electron chi connectivity index (χ4n) is 5.35. The highest BCUT2D eigenvalue weighted by Gasteiger charge is 2.53. The van der Waals surface area contributed by atoms with Crippen molar-refractivity contribution in [2.75, 3.05) is 26.2 Å². The van der Waals surface area contributed by atoms with Crippen LogP contribution in [0.5, 0.6) is 0 Å². The number of likely N-dealkylation sites (tertiary alicyclic amines) is 1. The molecule has 248 valence electrons. The van der Waals surface area contributed by atoms with Gasteiger partial charge >= 0.3 is 12.4 Å². The van der Waals surface area contributed by atoms with Crippen LogP contribution >= 0.6 is 0 Å². The van der Waals surface area contributed by atoms with Crippen molar-refractivity contribution < 1.29 is 36.2 Å². The maximum Gasteiger partial charge on any atom is 0.422 e. The smallest absolute Gasteiger partial charge is 0.377 e. The summed E-state index contributed by atoms with van der Waals surface area (Å²) in [6, 6.07) is -0.453. The molecular weight excluding hydrogens is 592 g/mol. The van der Waals surface area contributed by atoms with E-state index in [4.69, 9.17) is 0 Å². The highest BCUT2D eigenvalue weighted by atomic mass is 19.4. The topological polar surface area (TPSA) is 102 Å². The Morgan fingerprint density at radius 2 is 1.80 bits per heavy atom. The van der Waals surface area contributed by atoms with E-state index in [-0.39, 0.29) is 36.7 Å². The number of carbonyl (C=O) groups excluding carboxylic acids is 1. The molecule has 2 aliphatic rings. The van der Waals surface area contributed by atoms with Crippen molar-refractivity contribution in [3.05, 3.63) is 50.6 Å². The molecule has 44 heavy (non-hydrogen) atoms. The van der Waals surface area contributed by atoms with Gasteiger partial charge in [0.05, 0.1) is 17.3 Å². The fourth-order valence-corrected chi connectivity index (χ4v) is 5.35. The van der Waals surface area contributed by atoms with E-state index in [9.17, 15) is 41.0 Å². The standard InChI is InChI=1S/C20H29F3N4O3.C10H14F3N/c1-3-5-6-10-26(9-4-2)18(29)19(30)11-27(12-19)14-8-7-13-15(20(21,22)23)17(28)25-24-16(13)14;1-4-6-8(3)14-7-9(5-2)10(11,12)13/h14,30H,3-12H2,1-2H3,(H,25,28);5-7H,4H2,1-3H3/b;8-6+,9-5+,14-7+/t14-;/m0./s1. The Bertz CT molecular complexity index is 1260. The van der Waals surface area contributed by atoms with E-state index in [0.29, 0.717) is 25.2 Å². The van der Waals surface area contributed by atoms with Crippen LogP contribution in [-0.2, 0) is 17.4 Å². The largest absolute Gasteiger partial charge is 0.422 e. The van der Waals surface area contributed by atoms with Crippen LogP contribution in [-0.4, -0.2) is 75.2 Å². The minimum absolute atomic E-state index is 0.0477. The lowest BCUT2D eigenvalue weighted by Crippen LogP contribution is -2.69. The summed E-state index contributed by atoms with van der Waals surface area (Å²) in [5.74, 6) is -0.319. The molecule has 0 radical (unpaired) electrons. The molecule has 1 aliphatic heterocycles. The first kappa shape index (κ1) is 37.2. The first-order chi connectivity index (χ1) is 20.5. The number of allylic oxidation sites excluding steroid dienone is 4. The van der Waals surface area contributed by atoms with Crippen molar-refractivity contribution in [1.82, 2.24) is 20.0 Å². The van der Waals surface area contributed by atoms with Gasteiger partial charge in [-0.15, -0.1) is 0 Å². The van der Waals surface area contributed by atoms with Crippen molar-refractivity contribution in [2.45, 2.75) is 104 Å². The number of rotatable bonds is 11. The number of amides is 1. The average Bonchev–Trinajstić information content (AvgIpc) is 3.33. The van der Waals surface area contributed by atoms with Crippen LogP contribution < -0.4 is 5.56 Å². The molecule has 0 aromatic carbocycles. The number of H-pyrrole nitrogens is 1. The van der Waals surface area contributed by atoms with E-state index in [1.54, 1.807) is 22.8 Å². The van der Waals surface area contributed by atoms with Crippen LogP contribution in [0.3, 0.4) is 0 Å². The van der Waals surface area contributed by atoms with Gasteiger partial charge in [-0.25, -0.2) is 5.10 Å². The first-order valence-corrected chi connectivity index (χ1v) is 14.9. The van der Waals surface area contributed by atoms with Crippen LogP contribution in [0, 0.1) is 0 Å². The predicted molar refractivity (Wildman–Crippen MR) is 156 cm³/mol. The van der Waals surface area contributed by atoms with Crippen molar-refractivity contribution in [1.29, 1.82) is 0 Å². The second-order valence-corrected chi connectivity index (χ2v) is 11.0. The number of nitrogens with one attached hydrogen (secondary N) is 1. The number of fused-ring (bicyclic) bond motifs is 1. The number of hydrogen-bond donors (Lipinski definition) is 2. The minimum atomic E-state index is -4.75. The van der Waals surface area contributed by atoms with Gasteiger partial charge in [-0.1, -0.05) is 45.8 Å². The SMILES string of the molecule is CCCCCN(CCC)C(=O)C1(O)CN([C@H]2CCc3c2n[nH]c(=O)c3C(F)(F)F)C1.C\C=C(/C=N/C(C)=C/CC)C(F)(F)F. The molecule has 2 N–H and O–H groups in total. The number of hydrogen-bond acceptors (Lipinski definition) is 6. The van der Waals surface area contributed by atoms with E-state index in [2.05, 4.69) is 17.0 Å². The van der Waals surface area contributed by atoms with Gasteiger partial charge in [-0.2, -0.15) is 31.4 Å². The summed E-state index contributed by atoms with van der Waals surface area (Å²) in [6.45, 7) is 10.2. The van der Waals surface area contributed by atoms with Crippen LogP contribution in [0.1, 0.15) is 96.0 Å². The van der Waals surface area contributed by atoms with Crippen molar-refractivity contribution in [2.24, 2.45) is 4.99 Å². The van der Waals surface area contributed by atoms with Gasteiger partial charge in [0.2, 0.25) is 0 Å². The average molecular weight is 636 g/mol. The van der Waals surface area contributed by atoms with Crippen LogP contribution in [0.15, 0.2) is 33.2 Å². The van der Waals surface area contributed by atoms with Gasteiger partial charge in [0.1, 0.15) is 5.56 Å². The quantitative estimate of drug-likeness (QED) is 0.173. The van der Waals surface area contributed by atoms with Crippen LogP contribution in [0.2, 0.25) is 0 Å². The fraction of sp³-hybridized carbons (Fsp3) is 0.667. The van der Waals surface area contributed by atoms with E-state index in [1.807, 2.05) is 18.9 Å². The Morgan fingerprint density at radius 1 is 1.14 bits per heavy atom. The second-order valence-electron chi connectivity index (χ2n) is 11.0. The van der Waals surface area contributed by atoms with E-state index in [0.717, 1.165) is 44.4 Å². The van der Waals surface area contributed by atoms with Crippen LogP contribution in [0.4, 0.5) is 26.3 Å². The second kappa shape index (κ2) is 15.8. The molecule has 2 heterocycles. The number of carbonyl (C=O) groups is 1. The number of nitrogens with zero attached hydrogens (tertiary/aromatic N) is 4. The van der Waals surface area contributed by atoms with Gasteiger partial charge in [0.25, 0.3) is 11.5 Å². The Morgan fingerprint density at radius 3 is 2.32 bits per heavy atom. The lowest BCUT2D eigenvalue weighted by atomic mass is 9.89. The van der Waals surface area contributed by atoms with Gasteiger partial charge in [-0.05, 0) is 51.5 Å². The zero-order chi connectivity index (χ0) is 33.3. The molecule has 1 fully saturated rings. The Balaban J connectivity index is 0.000000408. The summed E-state index contributed by atoms with van der Waals surface area (Å²) in [7, 11) is 0. The Hall–Kier alpha value is -3.00. The third-order valence-electron chi connectivity index (χ3n) is 7.51. The van der Waals surface area contributed by atoms with Gasteiger partial charge in [-0.3, -0.25) is 19.5 Å². The molecule has 0 unspecified atom stereocenters. The molecule has 1 amide bonds. The number of halogens is 6. The molecule has 14 heteroatoms. The summed E-state index contributed by atoms with van der Waals surface area (Å²) in [5, 5.41) is 16.7. The third kappa shape index (κ3) is 9.50. The molecule has 0 spiro atoms. The predicted octanol–water partition coefficient (Wildman–Crippen LogP) is 6.13. The van der Waals surface area contributed by atoms with E-state index < -0.39 is 40.7 Å². The lowest BCUT2D eigenvalue weighted by Gasteiger charge is -2.49. The van der Waals surface area contributed by atoms with Gasteiger partial charge in [0, 0.05) is 38.1 Å². The van der Waals surface area contributed by atoms with E-state index >= 15 is 0 Å². The summed E-state index contributed by atoms with van der Waals surface area (Å²) in [4.78, 5) is 31.7. The molecule has 0 saturated carbocycles. The number of aromatic nitrogens is 2. The number of aliphatic hydroxyl groups is 1. The Labute approximate surface area is 253 Å². The summed E-state index contributed by atoms with van der Waals surface area (Å²) in [6.07, 6.45) is -0.545. The maximum absolute atomic E-state index is 13.3. The molecule has 1 atom stereocenters. The normalized spacial score (nSPS) is 19.0. The molecule has 3 rings (SSSR count). The minimum Gasteiger partial charge on any atom is -0.377 e. The number of unbranched alkanes of at least 4 members (excludes halogenated alkanes) is 2. The number of aromatic amines is 1. The van der Waals surface area contributed by atoms with Gasteiger partial charge in [0.15, 0.2) is 5.60 Å². The molecular formula is C30H43F6N5O3.